The molecule has 0 fully saturated rings. The summed E-state index contributed by atoms with van der Waals surface area (Å²) in [5, 5.41) is 0. The van der Waals surface area contributed by atoms with Crippen LogP contribution in [0.25, 0.3) is 0 Å². The van der Waals surface area contributed by atoms with E-state index in [1.165, 1.54) is 12.1 Å². The maximum atomic E-state index is 2.40. The summed E-state index contributed by atoms with van der Waals surface area (Å²) in [5.74, 6) is 1.41. The zero-order valence-corrected chi connectivity index (χ0v) is 10.1. The smallest absolute Gasteiger partial charge is 0.0195 e. The largest absolute Gasteiger partial charge is 0.377 e. The molecule has 0 unspecified atom stereocenters. The van der Waals surface area contributed by atoms with Crippen LogP contribution >= 0.6 is 0 Å². The lowest BCUT2D eigenvalue weighted by Gasteiger charge is -2.22. The molecule has 78 valence electrons. The minimum atomic E-state index is 0.668. The number of rotatable bonds is 5. The molecule has 0 radical (unpaired) electrons. The second-order valence-electron chi connectivity index (χ2n) is 4.51. The Hall–Kier alpha value is -0.460. The van der Waals surface area contributed by atoms with Crippen LogP contribution in [0.1, 0.15) is 41.5 Å². The molecule has 0 spiro atoms. The third-order valence-electron chi connectivity index (χ3n) is 2.30. The van der Waals surface area contributed by atoms with Crippen LogP contribution in [-0.2, 0) is 0 Å². The van der Waals surface area contributed by atoms with Gasteiger partial charge in [0.05, 0.1) is 0 Å². The van der Waals surface area contributed by atoms with Crippen molar-refractivity contribution in [3.8, 4) is 0 Å². The molecule has 0 aliphatic heterocycles. The van der Waals surface area contributed by atoms with Crippen LogP contribution in [0.4, 0.5) is 0 Å². The summed E-state index contributed by atoms with van der Waals surface area (Å²) in [6.07, 6.45) is 2.31. The standard InChI is InChI=1S/C12H25N/c1-7-13(8-10(2)3)9-12(6)11(4)5/h9-11H,7-8H2,1-6H3/b12-9+. The molecule has 0 rings (SSSR count). The van der Waals surface area contributed by atoms with Crippen LogP contribution in [-0.4, -0.2) is 18.0 Å². The molecule has 0 atom stereocenters. The van der Waals surface area contributed by atoms with E-state index in [4.69, 9.17) is 0 Å². The number of allylic oxidation sites excluding steroid dienone is 1. The Morgan fingerprint density at radius 3 is 2.08 bits per heavy atom. The summed E-state index contributed by atoms with van der Waals surface area (Å²) in [5.41, 5.74) is 1.47. The highest BCUT2D eigenvalue weighted by Gasteiger charge is 2.02. The predicted octanol–water partition coefficient (Wildman–Crippen LogP) is 3.52. The van der Waals surface area contributed by atoms with Gasteiger partial charge in [-0.25, -0.2) is 0 Å². The van der Waals surface area contributed by atoms with Crippen molar-refractivity contribution >= 4 is 0 Å². The molecular weight excluding hydrogens is 158 g/mol. The summed E-state index contributed by atoms with van der Waals surface area (Å²) in [6, 6.07) is 0. The summed E-state index contributed by atoms with van der Waals surface area (Å²) in [6.45, 7) is 15.7. The third-order valence-corrected chi connectivity index (χ3v) is 2.30. The van der Waals surface area contributed by atoms with Gasteiger partial charge in [0, 0.05) is 13.1 Å². The Morgan fingerprint density at radius 1 is 1.23 bits per heavy atom. The van der Waals surface area contributed by atoms with E-state index < -0.39 is 0 Å². The molecule has 13 heavy (non-hydrogen) atoms. The van der Waals surface area contributed by atoms with Gasteiger partial charge in [0.25, 0.3) is 0 Å². The van der Waals surface area contributed by atoms with Gasteiger partial charge in [0.2, 0.25) is 0 Å². The average Bonchev–Trinajstić information content (AvgIpc) is 2.02. The molecule has 0 heterocycles. The van der Waals surface area contributed by atoms with Gasteiger partial charge in [-0.3, -0.25) is 0 Å². The third kappa shape index (κ3) is 5.73. The van der Waals surface area contributed by atoms with Gasteiger partial charge < -0.3 is 4.90 Å². The van der Waals surface area contributed by atoms with Crippen LogP contribution in [0.3, 0.4) is 0 Å². The zero-order chi connectivity index (χ0) is 10.4. The fourth-order valence-electron chi connectivity index (χ4n) is 1.18. The molecule has 0 saturated heterocycles. The van der Waals surface area contributed by atoms with E-state index in [9.17, 15) is 0 Å². The van der Waals surface area contributed by atoms with Gasteiger partial charge in [-0.1, -0.05) is 33.3 Å². The minimum Gasteiger partial charge on any atom is -0.377 e. The Labute approximate surface area is 83.8 Å². The number of hydrogen-bond acceptors (Lipinski definition) is 1. The van der Waals surface area contributed by atoms with Gasteiger partial charge in [0.15, 0.2) is 0 Å². The molecular formula is C12H25N. The summed E-state index contributed by atoms with van der Waals surface area (Å²) in [4.78, 5) is 2.40. The highest BCUT2D eigenvalue weighted by Crippen LogP contribution is 2.10. The van der Waals surface area contributed by atoms with Crippen molar-refractivity contribution in [2.24, 2.45) is 11.8 Å². The average molecular weight is 183 g/mol. The molecule has 0 bridgehead atoms. The van der Waals surface area contributed by atoms with Crippen molar-refractivity contribution in [1.29, 1.82) is 0 Å². The Morgan fingerprint density at radius 2 is 1.77 bits per heavy atom. The Kier molecular flexibility index (Phi) is 5.85. The summed E-state index contributed by atoms with van der Waals surface area (Å²) in [7, 11) is 0. The van der Waals surface area contributed by atoms with Crippen LogP contribution < -0.4 is 0 Å². The molecule has 0 aliphatic rings. The van der Waals surface area contributed by atoms with Crippen LogP contribution in [0.5, 0.6) is 0 Å². The highest BCUT2D eigenvalue weighted by molar-refractivity contribution is 5.00. The van der Waals surface area contributed by atoms with Gasteiger partial charge in [-0.2, -0.15) is 0 Å². The molecule has 1 nitrogen and oxygen atoms in total. The molecule has 0 aromatic heterocycles. The molecule has 0 amide bonds. The van der Waals surface area contributed by atoms with Crippen molar-refractivity contribution in [3.05, 3.63) is 11.8 Å². The second-order valence-corrected chi connectivity index (χ2v) is 4.51. The molecule has 0 N–H and O–H groups in total. The lowest BCUT2D eigenvalue weighted by molar-refractivity contribution is 0.341. The summed E-state index contributed by atoms with van der Waals surface area (Å²) >= 11 is 0. The summed E-state index contributed by atoms with van der Waals surface area (Å²) < 4.78 is 0. The van der Waals surface area contributed by atoms with Crippen LogP contribution in [0.15, 0.2) is 11.8 Å². The maximum absolute atomic E-state index is 2.40. The zero-order valence-electron chi connectivity index (χ0n) is 10.1. The van der Waals surface area contributed by atoms with E-state index in [-0.39, 0.29) is 0 Å². The Bertz CT molecular complexity index is 157. The van der Waals surface area contributed by atoms with Crippen molar-refractivity contribution < 1.29 is 0 Å². The first-order valence-corrected chi connectivity index (χ1v) is 5.39. The fraction of sp³-hybridized carbons (Fsp3) is 0.833. The molecule has 0 aliphatic carbocycles. The fourth-order valence-corrected chi connectivity index (χ4v) is 1.18. The topological polar surface area (TPSA) is 3.24 Å². The second kappa shape index (κ2) is 6.06. The van der Waals surface area contributed by atoms with Gasteiger partial charge in [-0.05, 0) is 31.9 Å². The van der Waals surface area contributed by atoms with Gasteiger partial charge in [-0.15, -0.1) is 0 Å². The van der Waals surface area contributed by atoms with E-state index in [2.05, 4.69) is 52.6 Å². The lowest BCUT2D eigenvalue weighted by atomic mass is 10.1. The molecule has 1 heteroatoms. The van der Waals surface area contributed by atoms with Crippen molar-refractivity contribution in [2.45, 2.75) is 41.5 Å². The van der Waals surface area contributed by atoms with Gasteiger partial charge in [0.1, 0.15) is 0 Å². The van der Waals surface area contributed by atoms with E-state index in [0.29, 0.717) is 5.92 Å². The Balaban J connectivity index is 4.17. The van der Waals surface area contributed by atoms with Crippen molar-refractivity contribution in [1.82, 2.24) is 4.90 Å². The maximum Gasteiger partial charge on any atom is 0.0195 e. The van der Waals surface area contributed by atoms with E-state index in [0.717, 1.165) is 12.5 Å². The molecule has 0 aromatic rings. The predicted molar refractivity (Wildman–Crippen MR) is 60.7 cm³/mol. The SMILES string of the molecule is CCN(/C=C(\C)C(C)C)CC(C)C. The van der Waals surface area contributed by atoms with Gasteiger partial charge >= 0.3 is 0 Å². The number of hydrogen-bond donors (Lipinski definition) is 0. The normalized spacial score (nSPS) is 12.8. The van der Waals surface area contributed by atoms with Crippen LogP contribution in [0.2, 0.25) is 0 Å². The van der Waals surface area contributed by atoms with Crippen molar-refractivity contribution in [3.63, 3.8) is 0 Å². The first-order valence-electron chi connectivity index (χ1n) is 5.39. The highest BCUT2D eigenvalue weighted by atomic mass is 15.1. The van der Waals surface area contributed by atoms with E-state index in [1.807, 2.05) is 0 Å². The number of nitrogens with zero attached hydrogens (tertiary/aromatic N) is 1. The first-order chi connectivity index (χ1) is 5.97. The van der Waals surface area contributed by atoms with E-state index >= 15 is 0 Å². The molecule has 0 saturated carbocycles. The molecule has 0 aromatic carbocycles. The van der Waals surface area contributed by atoms with Crippen molar-refractivity contribution in [2.75, 3.05) is 13.1 Å². The monoisotopic (exact) mass is 183 g/mol. The minimum absolute atomic E-state index is 0.668. The lowest BCUT2D eigenvalue weighted by Crippen LogP contribution is -2.22. The van der Waals surface area contributed by atoms with E-state index in [1.54, 1.807) is 0 Å². The van der Waals surface area contributed by atoms with Crippen LogP contribution in [0, 0.1) is 11.8 Å². The first kappa shape index (κ1) is 12.5. The quantitative estimate of drug-likeness (QED) is 0.630.